The van der Waals surface area contributed by atoms with Gasteiger partial charge in [0, 0.05) is 5.38 Å². The van der Waals surface area contributed by atoms with E-state index >= 15 is 0 Å². The van der Waals surface area contributed by atoms with Gasteiger partial charge in [-0.05, 0) is 29.7 Å². The Bertz CT molecular complexity index is 253. The van der Waals surface area contributed by atoms with Crippen LogP contribution in [0.1, 0.15) is 0 Å². The van der Waals surface area contributed by atoms with Crippen molar-refractivity contribution in [3.05, 3.63) is 29.8 Å². The lowest BCUT2D eigenvalue weighted by Gasteiger charge is -1.83. The van der Waals surface area contributed by atoms with Gasteiger partial charge in [-0.25, -0.2) is 0 Å². The molecule has 2 rings (SSSR count). The van der Waals surface area contributed by atoms with Crippen molar-refractivity contribution >= 4 is 11.5 Å². The highest BCUT2D eigenvalue weighted by atomic mass is 32.1. The second kappa shape index (κ2) is 2.27. The molecule has 0 spiro atoms. The SMILES string of the molecule is c1coc(-c2ccsn2)c1. The monoisotopic (exact) mass is 151 g/mol. The minimum atomic E-state index is 0.834. The van der Waals surface area contributed by atoms with E-state index in [4.69, 9.17) is 4.42 Å². The highest BCUT2D eigenvalue weighted by molar-refractivity contribution is 7.03. The molecule has 3 heteroatoms. The Morgan fingerprint density at radius 1 is 1.40 bits per heavy atom. The number of aromatic nitrogens is 1. The van der Waals surface area contributed by atoms with E-state index in [0.717, 1.165) is 11.5 Å². The molecule has 0 bridgehead atoms. The van der Waals surface area contributed by atoms with E-state index < -0.39 is 0 Å². The molecule has 0 aliphatic rings. The molecule has 0 saturated heterocycles. The minimum absolute atomic E-state index is 0.834. The Balaban J connectivity index is 2.48. The summed E-state index contributed by atoms with van der Waals surface area (Å²) >= 11 is 1.43. The van der Waals surface area contributed by atoms with Crippen molar-refractivity contribution in [2.45, 2.75) is 0 Å². The average Bonchev–Trinajstić information content (AvgIpc) is 2.59. The molecular formula is C7H5NOS. The molecular weight excluding hydrogens is 146 g/mol. The lowest BCUT2D eigenvalue weighted by atomic mass is 10.3. The Labute approximate surface area is 62.3 Å². The molecule has 2 nitrogen and oxygen atoms in total. The summed E-state index contributed by atoms with van der Waals surface area (Å²) in [6.45, 7) is 0. The summed E-state index contributed by atoms with van der Waals surface area (Å²) in [4.78, 5) is 0. The van der Waals surface area contributed by atoms with Crippen molar-refractivity contribution in [2.24, 2.45) is 0 Å². The molecule has 0 saturated carbocycles. The maximum absolute atomic E-state index is 5.12. The van der Waals surface area contributed by atoms with Gasteiger partial charge in [-0.15, -0.1) is 0 Å². The quantitative estimate of drug-likeness (QED) is 0.625. The lowest BCUT2D eigenvalue weighted by molar-refractivity contribution is 0.581. The number of nitrogens with zero attached hydrogens (tertiary/aromatic N) is 1. The third-order valence-electron chi connectivity index (χ3n) is 1.21. The van der Waals surface area contributed by atoms with E-state index in [9.17, 15) is 0 Å². The summed E-state index contributed by atoms with van der Waals surface area (Å²) in [6, 6.07) is 5.69. The third-order valence-corrected chi connectivity index (χ3v) is 1.77. The molecule has 0 unspecified atom stereocenters. The summed E-state index contributed by atoms with van der Waals surface area (Å²) in [5.41, 5.74) is 0.912. The molecule has 0 atom stereocenters. The molecule has 50 valence electrons. The van der Waals surface area contributed by atoms with Crippen LogP contribution in [0.25, 0.3) is 11.5 Å². The summed E-state index contributed by atoms with van der Waals surface area (Å²) < 4.78 is 9.23. The van der Waals surface area contributed by atoms with Crippen LogP contribution < -0.4 is 0 Å². The number of rotatable bonds is 1. The van der Waals surface area contributed by atoms with Crippen LogP contribution in [-0.2, 0) is 0 Å². The topological polar surface area (TPSA) is 26.0 Å². The van der Waals surface area contributed by atoms with Crippen LogP contribution in [0, 0.1) is 0 Å². The normalized spacial score (nSPS) is 10.0. The fourth-order valence-corrected chi connectivity index (χ4v) is 1.28. The van der Waals surface area contributed by atoms with Crippen LogP contribution in [0.5, 0.6) is 0 Å². The van der Waals surface area contributed by atoms with Crippen LogP contribution in [-0.4, -0.2) is 4.37 Å². The van der Waals surface area contributed by atoms with Gasteiger partial charge in [0.1, 0.15) is 5.69 Å². The molecule has 2 aromatic heterocycles. The second-order valence-electron chi connectivity index (χ2n) is 1.86. The Morgan fingerprint density at radius 2 is 2.40 bits per heavy atom. The first-order chi connectivity index (χ1) is 4.97. The summed E-state index contributed by atoms with van der Waals surface area (Å²) in [7, 11) is 0. The minimum Gasteiger partial charge on any atom is -0.463 e. The van der Waals surface area contributed by atoms with Crippen LogP contribution in [0.2, 0.25) is 0 Å². The zero-order valence-electron chi connectivity index (χ0n) is 5.15. The first-order valence-corrected chi connectivity index (χ1v) is 3.75. The predicted octanol–water partition coefficient (Wildman–Crippen LogP) is 2.40. The largest absolute Gasteiger partial charge is 0.463 e. The molecule has 0 radical (unpaired) electrons. The molecule has 0 aliphatic carbocycles. The second-order valence-corrected chi connectivity index (χ2v) is 2.53. The first kappa shape index (κ1) is 5.68. The van der Waals surface area contributed by atoms with Crippen LogP contribution >= 0.6 is 11.5 Å². The maximum atomic E-state index is 5.12. The number of hydrogen-bond acceptors (Lipinski definition) is 3. The van der Waals surface area contributed by atoms with Crippen molar-refractivity contribution in [1.29, 1.82) is 0 Å². The average molecular weight is 151 g/mol. The standard InChI is InChI=1S/C7H5NOS/c1-2-7(9-4-1)6-3-5-10-8-6/h1-5H. The maximum Gasteiger partial charge on any atom is 0.153 e. The third kappa shape index (κ3) is 0.844. The lowest BCUT2D eigenvalue weighted by Crippen LogP contribution is -1.66. The van der Waals surface area contributed by atoms with Crippen molar-refractivity contribution in [3.63, 3.8) is 0 Å². The smallest absolute Gasteiger partial charge is 0.153 e. The molecule has 2 aromatic rings. The van der Waals surface area contributed by atoms with E-state index in [1.807, 2.05) is 23.6 Å². The van der Waals surface area contributed by atoms with Crippen LogP contribution in [0.3, 0.4) is 0 Å². The van der Waals surface area contributed by atoms with Gasteiger partial charge >= 0.3 is 0 Å². The van der Waals surface area contributed by atoms with E-state index in [2.05, 4.69) is 4.37 Å². The van der Waals surface area contributed by atoms with E-state index in [0.29, 0.717) is 0 Å². The van der Waals surface area contributed by atoms with Crippen molar-refractivity contribution in [1.82, 2.24) is 4.37 Å². The van der Waals surface area contributed by atoms with E-state index in [1.54, 1.807) is 6.26 Å². The van der Waals surface area contributed by atoms with Crippen molar-refractivity contribution < 1.29 is 4.42 Å². The number of furan rings is 1. The molecule has 2 heterocycles. The fraction of sp³-hybridized carbons (Fsp3) is 0. The summed E-state index contributed by atoms with van der Waals surface area (Å²) in [6.07, 6.45) is 1.65. The van der Waals surface area contributed by atoms with Gasteiger partial charge in [-0.3, -0.25) is 0 Å². The highest BCUT2D eigenvalue weighted by Crippen LogP contribution is 2.17. The predicted molar refractivity (Wildman–Crippen MR) is 39.8 cm³/mol. The summed E-state index contributed by atoms with van der Waals surface area (Å²) in [5, 5.41) is 1.93. The van der Waals surface area contributed by atoms with Crippen molar-refractivity contribution in [3.8, 4) is 11.5 Å². The highest BCUT2D eigenvalue weighted by Gasteiger charge is 1.99. The molecule has 0 aliphatic heterocycles. The fourth-order valence-electron chi connectivity index (χ4n) is 0.764. The van der Waals surface area contributed by atoms with E-state index in [1.165, 1.54) is 11.5 Å². The summed E-state index contributed by atoms with van der Waals surface area (Å²) in [5.74, 6) is 0.834. The van der Waals surface area contributed by atoms with Gasteiger partial charge in [-0.1, -0.05) is 0 Å². The van der Waals surface area contributed by atoms with Gasteiger partial charge in [0.15, 0.2) is 5.76 Å². The molecule has 0 N–H and O–H groups in total. The van der Waals surface area contributed by atoms with Gasteiger partial charge < -0.3 is 4.42 Å². The van der Waals surface area contributed by atoms with E-state index in [-0.39, 0.29) is 0 Å². The van der Waals surface area contributed by atoms with Gasteiger partial charge in [-0.2, -0.15) is 4.37 Å². The Morgan fingerprint density at radius 3 is 3.00 bits per heavy atom. The first-order valence-electron chi connectivity index (χ1n) is 2.91. The van der Waals surface area contributed by atoms with Gasteiger partial charge in [0.05, 0.1) is 6.26 Å². The Hall–Kier alpha value is -1.09. The molecule has 0 fully saturated rings. The molecule has 10 heavy (non-hydrogen) atoms. The van der Waals surface area contributed by atoms with Gasteiger partial charge in [0.25, 0.3) is 0 Å². The molecule has 0 aromatic carbocycles. The molecule has 0 amide bonds. The van der Waals surface area contributed by atoms with Crippen LogP contribution in [0.4, 0.5) is 0 Å². The zero-order chi connectivity index (χ0) is 6.81. The van der Waals surface area contributed by atoms with Crippen molar-refractivity contribution in [2.75, 3.05) is 0 Å². The number of hydrogen-bond donors (Lipinski definition) is 0. The zero-order valence-corrected chi connectivity index (χ0v) is 5.97. The van der Waals surface area contributed by atoms with Gasteiger partial charge in [0.2, 0.25) is 0 Å². The Kier molecular flexibility index (Phi) is 1.29. The van der Waals surface area contributed by atoms with Crippen LogP contribution in [0.15, 0.2) is 34.3 Å².